The Morgan fingerprint density at radius 1 is 1.00 bits per heavy atom. The van der Waals surface area contributed by atoms with Crippen LogP contribution in [0, 0.1) is 20.8 Å². The summed E-state index contributed by atoms with van der Waals surface area (Å²) >= 11 is 0. The van der Waals surface area contributed by atoms with Gasteiger partial charge in [-0.15, -0.1) is 0 Å². The molecule has 1 amide bonds. The second-order valence-corrected chi connectivity index (χ2v) is 10.6. The highest BCUT2D eigenvalue weighted by molar-refractivity contribution is 5.94. The first-order valence-corrected chi connectivity index (χ1v) is 12.8. The van der Waals surface area contributed by atoms with E-state index in [-0.39, 0.29) is 23.8 Å². The zero-order valence-corrected chi connectivity index (χ0v) is 22.6. The highest BCUT2D eigenvalue weighted by atomic mass is 16.3. The van der Waals surface area contributed by atoms with E-state index in [2.05, 4.69) is 57.4 Å². The molecule has 1 atom stereocenters. The average molecular weight is 505 g/mol. The number of aryl methyl sites for hydroxylation is 3. The summed E-state index contributed by atoms with van der Waals surface area (Å²) < 4.78 is 0. The first-order valence-electron chi connectivity index (χ1n) is 12.8. The van der Waals surface area contributed by atoms with Crippen LogP contribution in [0.4, 0.5) is 0 Å². The predicted molar refractivity (Wildman–Crippen MR) is 148 cm³/mol. The van der Waals surface area contributed by atoms with Crippen LogP contribution in [0.3, 0.4) is 0 Å². The van der Waals surface area contributed by atoms with Crippen LogP contribution in [0.25, 0.3) is 0 Å². The van der Waals surface area contributed by atoms with Crippen LogP contribution in [-0.4, -0.2) is 39.9 Å². The van der Waals surface area contributed by atoms with Crippen molar-refractivity contribution in [2.75, 3.05) is 13.1 Å². The number of benzene rings is 3. The first-order chi connectivity index (χ1) is 17.5. The van der Waals surface area contributed by atoms with Gasteiger partial charge in [0.05, 0.1) is 12.7 Å². The summed E-state index contributed by atoms with van der Waals surface area (Å²) in [6.45, 7) is 11.0. The number of β-amino-alcohol motifs (C(OH)–C–C–N with tert-alkyl or cyclic N) is 1. The quantitative estimate of drug-likeness (QED) is 0.266. The van der Waals surface area contributed by atoms with Crippen molar-refractivity contribution < 1.29 is 20.1 Å². The summed E-state index contributed by atoms with van der Waals surface area (Å²) in [6.07, 6.45) is 0.673. The van der Waals surface area contributed by atoms with Gasteiger partial charge in [-0.2, -0.15) is 0 Å². The summed E-state index contributed by atoms with van der Waals surface area (Å²) in [4.78, 5) is 12.8. The highest BCUT2D eigenvalue weighted by Gasteiger charge is 2.21. The lowest BCUT2D eigenvalue weighted by Crippen LogP contribution is -2.43. The molecule has 198 valence electrons. The fourth-order valence-corrected chi connectivity index (χ4v) is 4.83. The number of aliphatic hydroxyl groups excluding tert-OH is 2. The molecular formula is C31H40N2O4. The molecule has 0 bridgehead atoms. The number of hydrogen-bond acceptors (Lipinski definition) is 5. The van der Waals surface area contributed by atoms with Crippen LogP contribution in [0.15, 0.2) is 54.6 Å². The van der Waals surface area contributed by atoms with Gasteiger partial charge < -0.3 is 26.0 Å². The molecule has 0 aromatic heterocycles. The van der Waals surface area contributed by atoms with E-state index in [0.29, 0.717) is 36.2 Å². The monoisotopic (exact) mass is 504 g/mol. The van der Waals surface area contributed by atoms with E-state index in [0.717, 1.165) is 12.0 Å². The highest BCUT2D eigenvalue weighted by Crippen LogP contribution is 2.23. The molecule has 3 aromatic carbocycles. The van der Waals surface area contributed by atoms with E-state index < -0.39 is 6.10 Å². The molecule has 0 saturated heterocycles. The molecule has 3 aromatic rings. The molecule has 37 heavy (non-hydrogen) atoms. The number of rotatable bonds is 11. The van der Waals surface area contributed by atoms with Crippen LogP contribution >= 0.6 is 0 Å². The van der Waals surface area contributed by atoms with E-state index in [4.69, 9.17) is 0 Å². The van der Waals surface area contributed by atoms with Crippen LogP contribution in [-0.2, 0) is 19.4 Å². The number of aromatic hydroxyl groups is 1. The van der Waals surface area contributed by atoms with Crippen molar-refractivity contribution in [1.82, 2.24) is 10.6 Å². The number of aliphatic hydroxyl groups is 2. The summed E-state index contributed by atoms with van der Waals surface area (Å²) in [5.41, 5.74) is 7.38. The molecule has 0 fully saturated rings. The van der Waals surface area contributed by atoms with Gasteiger partial charge in [0.15, 0.2) is 0 Å². The molecule has 6 nitrogen and oxygen atoms in total. The lowest BCUT2D eigenvalue weighted by molar-refractivity contribution is 0.0954. The van der Waals surface area contributed by atoms with Gasteiger partial charge in [0.25, 0.3) is 5.91 Å². The fraction of sp³-hybridized carbons (Fsp3) is 0.387. The average Bonchev–Trinajstić information content (AvgIpc) is 2.84. The molecule has 0 saturated carbocycles. The van der Waals surface area contributed by atoms with Gasteiger partial charge in [-0.3, -0.25) is 4.79 Å². The van der Waals surface area contributed by atoms with Crippen molar-refractivity contribution >= 4 is 5.91 Å². The van der Waals surface area contributed by atoms with E-state index in [1.54, 1.807) is 12.1 Å². The maximum atomic E-state index is 12.8. The molecule has 0 heterocycles. The predicted octanol–water partition coefficient (Wildman–Crippen LogP) is 4.43. The van der Waals surface area contributed by atoms with Gasteiger partial charge in [-0.05, 0) is 99.5 Å². The van der Waals surface area contributed by atoms with E-state index in [9.17, 15) is 20.1 Å². The summed E-state index contributed by atoms with van der Waals surface area (Å²) in [6, 6.07) is 16.8. The third-order valence-corrected chi connectivity index (χ3v) is 6.77. The Hall–Kier alpha value is -3.19. The summed E-state index contributed by atoms with van der Waals surface area (Å²) in [5, 5.41) is 36.2. The lowest BCUT2D eigenvalue weighted by atomic mass is 9.93. The van der Waals surface area contributed by atoms with Gasteiger partial charge in [0.2, 0.25) is 0 Å². The van der Waals surface area contributed by atoms with Crippen molar-refractivity contribution in [3.8, 4) is 5.75 Å². The minimum Gasteiger partial charge on any atom is -0.508 e. The minimum atomic E-state index is -0.789. The van der Waals surface area contributed by atoms with E-state index in [1.165, 1.54) is 28.3 Å². The Balaban J connectivity index is 1.56. The first kappa shape index (κ1) is 28.4. The molecular weight excluding hydrogens is 464 g/mol. The molecule has 0 aliphatic carbocycles. The third-order valence-electron chi connectivity index (χ3n) is 6.77. The molecule has 0 aliphatic heterocycles. The Labute approximate surface area is 220 Å². The molecule has 5 N–H and O–H groups in total. The van der Waals surface area contributed by atoms with Gasteiger partial charge in [0, 0.05) is 29.8 Å². The maximum absolute atomic E-state index is 12.8. The molecule has 0 radical (unpaired) electrons. The smallest absolute Gasteiger partial charge is 0.251 e. The number of carbonyl (C=O) groups is 1. The van der Waals surface area contributed by atoms with Crippen molar-refractivity contribution in [2.45, 2.75) is 65.7 Å². The number of amides is 1. The molecule has 6 heteroatoms. The van der Waals surface area contributed by atoms with Crippen LogP contribution < -0.4 is 10.6 Å². The molecule has 0 unspecified atom stereocenters. The van der Waals surface area contributed by atoms with Crippen molar-refractivity contribution in [2.24, 2.45) is 0 Å². The van der Waals surface area contributed by atoms with Gasteiger partial charge in [-0.25, -0.2) is 0 Å². The van der Waals surface area contributed by atoms with Crippen LogP contribution in [0.2, 0.25) is 0 Å². The molecule has 3 rings (SSSR count). The van der Waals surface area contributed by atoms with Crippen molar-refractivity contribution in [3.05, 3.63) is 99.1 Å². The largest absolute Gasteiger partial charge is 0.508 e. The Morgan fingerprint density at radius 3 is 2.38 bits per heavy atom. The zero-order chi connectivity index (χ0) is 27.2. The number of nitrogens with one attached hydrogen (secondary N) is 2. The standard InChI is InChI=1S/C31H40N2O4/c1-20-13-21(2)27(22(3)14-20)11-12-32-30(37)25-8-6-7-23(15-25)17-31(4,5)33-18-29(36)24-9-10-28(35)26(16-24)19-34/h6-10,13-16,29,33-36H,11-12,17-19H2,1-5H3,(H,32,37)/t29-/m1/s1. The van der Waals surface area contributed by atoms with E-state index in [1.807, 2.05) is 24.3 Å². The van der Waals surface area contributed by atoms with Gasteiger partial charge in [-0.1, -0.05) is 35.9 Å². The molecule has 0 aliphatic rings. The topological polar surface area (TPSA) is 102 Å². The van der Waals surface area contributed by atoms with E-state index >= 15 is 0 Å². The second-order valence-electron chi connectivity index (χ2n) is 10.6. The molecule has 0 spiro atoms. The normalized spacial score (nSPS) is 12.4. The van der Waals surface area contributed by atoms with Gasteiger partial charge in [0.1, 0.15) is 5.75 Å². The number of hydrogen-bond donors (Lipinski definition) is 5. The van der Waals surface area contributed by atoms with Crippen LogP contribution in [0.5, 0.6) is 5.75 Å². The minimum absolute atomic E-state index is 0.0102. The number of carbonyl (C=O) groups excluding carboxylic acids is 1. The lowest BCUT2D eigenvalue weighted by Gasteiger charge is -2.28. The van der Waals surface area contributed by atoms with Crippen LogP contribution in [0.1, 0.15) is 69.3 Å². The van der Waals surface area contributed by atoms with Gasteiger partial charge >= 0.3 is 0 Å². The summed E-state index contributed by atoms with van der Waals surface area (Å²) in [5.74, 6) is -0.0755. The fourth-order valence-electron chi connectivity index (χ4n) is 4.83. The second kappa shape index (κ2) is 12.4. The Kier molecular flexibility index (Phi) is 9.49. The van der Waals surface area contributed by atoms with Crippen molar-refractivity contribution in [1.29, 1.82) is 0 Å². The Bertz CT molecular complexity index is 1210. The number of phenols is 1. The Morgan fingerprint density at radius 2 is 1.70 bits per heavy atom. The zero-order valence-electron chi connectivity index (χ0n) is 22.6. The maximum Gasteiger partial charge on any atom is 0.251 e. The third kappa shape index (κ3) is 7.89. The SMILES string of the molecule is Cc1cc(C)c(CCNC(=O)c2cccc(CC(C)(C)NC[C@@H](O)c3ccc(O)c(CO)c3)c2)c(C)c1. The summed E-state index contributed by atoms with van der Waals surface area (Å²) in [7, 11) is 0. The van der Waals surface area contributed by atoms with Crippen molar-refractivity contribution in [3.63, 3.8) is 0 Å².